The van der Waals surface area contributed by atoms with Crippen LogP contribution in [0.4, 0.5) is 4.39 Å². The Morgan fingerprint density at radius 1 is 1.04 bits per heavy atom. The molecule has 0 radical (unpaired) electrons. The second kappa shape index (κ2) is 7.01. The van der Waals surface area contributed by atoms with E-state index in [0.717, 1.165) is 11.1 Å². The van der Waals surface area contributed by atoms with Gasteiger partial charge in [0.1, 0.15) is 5.82 Å². The molecule has 1 aliphatic rings. The summed E-state index contributed by atoms with van der Waals surface area (Å²) in [5.74, 6) is -0.236. The van der Waals surface area contributed by atoms with Gasteiger partial charge in [-0.15, -0.1) is 0 Å². The molecule has 6 heteroatoms. The SMILES string of the molecule is CCc1ccc(-c2ccc(S(=O)(=O)N3CCOCC3)cc2)cc1F. The van der Waals surface area contributed by atoms with Crippen molar-refractivity contribution in [3.8, 4) is 11.1 Å². The third kappa shape index (κ3) is 3.36. The van der Waals surface area contributed by atoms with Crippen LogP contribution in [0.25, 0.3) is 11.1 Å². The Labute approximate surface area is 141 Å². The topological polar surface area (TPSA) is 46.6 Å². The van der Waals surface area contributed by atoms with E-state index in [2.05, 4.69) is 0 Å². The number of halogens is 1. The van der Waals surface area contributed by atoms with E-state index >= 15 is 0 Å². The highest BCUT2D eigenvalue weighted by molar-refractivity contribution is 7.89. The van der Waals surface area contributed by atoms with Crippen molar-refractivity contribution < 1.29 is 17.5 Å². The maximum atomic E-state index is 13.9. The molecule has 128 valence electrons. The standard InChI is InChI=1S/C18H20FNO3S/c1-2-14-3-4-16(13-18(14)19)15-5-7-17(8-6-15)24(21,22)20-9-11-23-12-10-20/h3-8,13H,2,9-12H2,1H3. The first kappa shape index (κ1) is 17.1. The van der Waals surface area contributed by atoms with Gasteiger partial charge in [0.25, 0.3) is 0 Å². The fraction of sp³-hybridized carbons (Fsp3) is 0.333. The Kier molecular flexibility index (Phi) is 4.99. The van der Waals surface area contributed by atoms with E-state index in [0.29, 0.717) is 38.3 Å². The zero-order valence-corrected chi connectivity index (χ0v) is 14.4. The summed E-state index contributed by atoms with van der Waals surface area (Å²) in [7, 11) is -3.50. The van der Waals surface area contributed by atoms with Crippen LogP contribution in [0.15, 0.2) is 47.4 Å². The van der Waals surface area contributed by atoms with E-state index in [1.54, 1.807) is 30.3 Å². The molecule has 1 fully saturated rings. The van der Waals surface area contributed by atoms with Crippen LogP contribution in [0, 0.1) is 5.82 Å². The highest BCUT2D eigenvalue weighted by atomic mass is 32.2. The number of sulfonamides is 1. The molecule has 2 aromatic carbocycles. The van der Waals surface area contributed by atoms with Gasteiger partial charge >= 0.3 is 0 Å². The summed E-state index contributed by atoms with van der Waals surface area (Å²) in [5.41, 5.74) is 2.20. The average molecular weight is 349 g/mol. The minimum atomic E-state index is -3.50. The fourth-order valence-corrected chi connectivity index (χ4v) is 4.18. The number of hydrogen-bond donors (Lipinski definition) is 0. The van der Waals surface area contributed by atoms with Crippen molar-refractivity contribution in [2.45, 2.75) is 18.2 Å². The Morgan fingerprint density at radius 3 is 2.25 bits per heavy atom. The molecule has 0 aliphatic carbocycles. The normalized spacial score (nSPS) is 16.2. The third-order valence-corrected chi connectivity index (χ3v) is 6.14. The predicted octanol–water partition coefficient (Wildman–Crippen LogP) is 3.08. The van der Waals surface area contributed by atoms with Crippen molar-refractivity contribution >= 4 is 10.0 Å². The summed E-state index contributed by atoms with van der Waals surface area (Å²) < 4.78 is 45.7. The van der Waals surface area contributed by atoms with E-state index < -0.39 is 10.0 Å². The Bertz CT molecular complexity index is 813. The van der Waals surface area contributed by atoms with Gasteiger partial charge in [0.2, 0.25) is 10.0 Å². The summed E-state index contributed by atoms with van der Waals surface area (Å²) in [6.07, 6.45) is 0.642. The first-order valence-corrected chi connectivity index (χ1v) is 9.43. The van der Waals surface area contributed by atoms with Crippen LogP contribution in [0.1, 0.15) is 12.5 Å². The summed E-state index contributed by atoms with van der Waals surface area (Å²) >= 11 is 0. The number of morpholine rings is 1. The monoisotopic (exact) mass is 349 g/mol. The van der Waals surface area contributed by atoms with Gasteiger partial charge < -0.3 is 4.74 Å². The van der Waals surface area contributed by atoms with Gasteiger partial charge in [-0.2, -0.15) is 4.31 Å². The average Bonchev–Trinajstić information content (AvgIpc) is 2.62. The van der Waals surface area contributed by atoms with Crippen LogP contribution < -0.4 is 0 Å². The maximum Gasteiger partial charge on any atom is 0.243 e. The fourth-order valence-electron chi connectivity index (χ4n) is 2.77. The van der Waals surface area contributed by atoms with Gasteiger partial charge in [-0.3, -0.25) is 0 Å². The smallest absolute Gasteiger partial charge is 0.243 e. The lowest BCUT2D eigenvalue weighted by molar-refractivity contribution is 0.0730. The number of ether oxygens (including phenoxy) is 1. The highest BCUT2D eigenvalue weighted by Crippen LogP contribution is 2.25. The molecule has 0 N–H and O–H groups in total. The molecule has 1 aliphatic heterocycles. The Morgan fingerprint density at radius 2 is 1.67 bits per heavy atom. The van der Waals surface area contributed by atoms with Gasteiger partial charge in [0.15, 0.2) is 0 Å². The van der Waals surface area contributed by atoms with Crippen molar-refractivity contribution in [3.63, 3.8) is 0 Å². The highest BCUT2D eigenvalue weighted by Gasteiger charge is 2.26. The van der Waals surface area contributed by atoms with Crippen molar-refractivity contribution in [2.75, 3.05) is 26.3 Å². The molecule has 0 saturated carbocycles. The van der Waals surface area contributed by atoms with Gasteiger partial charge in [-0.1, -0.05) is 31.2 Å². The zero-order valence-electron chi connectivity index (χ0n) is 13.5. The summed E-state index contributed by atoms with van der Waals surface area (Å²) in [5, 5.41) is 0. The number of rotatable bonds is 4. The summed E-state index contributed by atoms with van der Waals surface area (Å²) in [6, 6.07) is 11.7. The molecule has 0 unspecified atom stereocenters. The lowest BCUT2D eigenvalue weighted by Gasteiger charge is -2.26. The van der Waals surface area contributed by atoms with E-state index in [1.807, 2.05) is 13.0 Å². The molecule has 0 bridgehead atoms. The molecule has 1 saturated heterocycles. The maximum absolute atomic E-state index is 13.9. The van der Waals surface area contributed by atoms with Crippen LogP contribution in [-0.4, -0.2) is 39.0 Å². The third-order valence-electron chi connectivity index (χ3n) is 4.23. The summed E-state index contributed by atoms with van der Waals surface area (Å²) in [4.78, 5) is 0.249. The minimum absolute atomic E-state index is 0.236. The molecule has 0 atom stereocenters. The summed E-state index contributed by atoms with van der Waals surface area (Å²) in [6.45, 7) is 3.48. The first-order chi connectivity index (χ1) is 11.5. The lowest BCUT2D eigenvalue weighted by atomic mass is 10.0. The Hall–Kier alpha value is -1.76. The Balaban J connectivity index is 1.86. The zero-order chi connectivity index (χ0) is 17.2. The van der Waals surface area contributed by atoms with E-state index in [1.165, 1.54) is 10.4 Å². The molecule has 1 heterocycles. The van der Waals surface area contributed by atoms with E-state index in [4.69, 9.17) is 4.74 Å². The molecule has 2 aromatic rings. The molecule has 0 spiro atoms. The molecular weight excluding hydrogens is 329 g/mol. The van der Waals surface area contributed by atoms with Gasteiger partial charge in [-0.05, 0) is 41.3 Å². The molecule has 3 rings (SSSR count). The molecule has 0 aromatic heterocycles. The van der Waals surface area contributed by atoms with Crippen LogP contribution >= 0.6 is 0 Å². The van der Waals surface area contributed by atoms with Gasteiger partial charge in [0.05, 0.1) is 18.1 Å². The van der Waals surface area contributed by atoms with Crippen LogP contribution in [0.2, 0.25) is 0 Å². The molecule has 24 heavy (non-hydrogen) atoms. The number of hydrogen-bond acceptors (Lipinski definition) is 3. The molecule has 0 amide bonds. The number of benzene rings is 2. The lowest BCUT2D eigenvalue weighted by Crippen LogP contribution is -2.40. The predicted molar refractivity (Wildman–Crippen MR) is 90.8 cm³/mol. The number of nitrogens with zero attached hydrogens (tertiary/aromatic N) is 1. The van der Waals surface area contributed by atoms with Crippen molar-refractivity contribution in [1.29, 1.82) is 0 Å². The molecule has 4 nitrogen and oxygen atoms in total. The van der Waals surface area contributed by atoms with Crippen LogP contribution in [0.5, 0.6) is 0 Å². The van der Waals surface area contributed by atoms with Crippen LogP contribution in [-0.2, 0) is 21.2 Å². The van der Waals surface area contributed by atoms with Crippen molar-refractivity contribution in [1.82, 2.24) is 4.31 Å². The molecular formula is C18H20FNO3S. The van der Waals surface area contributed by atoms with E-state index in [-0.39, 0.29) is 10.7 Å². The second-order valence-electron chi connectivity index (χ2n) is 5.70. The second-order valence-corrected chi connectivity index (χ2v) is 7.64. The van der Waals surface area contributed by atoms with E-state index in [9.17, 15) is 12.8 Å². The van der Waals surface area contributed by atoms with Gasteiger partial charge in [0, 0.05) is 13.1 Å². The van der Waals surface area contributed by atoms with Crippen LogP contribution in [0.3, 0.4) is 0 Å². The van der Waals surface area contributed by atoms with Crippen molar-refractivity contribution in [3.05, 3.63) is 53.8 Å². The largest absolute Gasteiger partial charge is 0.379 e. The first-order valence-electron chi connectivity index (χ1n) is 7.99. The number of aryl methyl sites for hydroxylation is 1. The van der Waals surface area contributed by atoms with Crippen molar-refractivity contribution in [2.24, 2.45) is 0 Å². The minimum Gasteiger partial charge on any atom is -0.379 e. The van der Waals surface area contributed by atoms with Gasteiger partial charge in [-0.25, -0.2) is 12.8 Å². The quantitative estimate of drug-likeness (QED) is 0.852.